The number of aromatic amines is 1. The molecule has 3 aromatic rings. The second-order valence-electron chi connectivity index (χ2n) is 6.37. The highest BCUT2D eigenvalue weighted by molar-refractivity contribution is 5.84. The molecule has 0 aliphatic rings. The Balaban J connectivity index is 0.000000190. The Bertz CT molecular complexity index is 837. The molecule has 0 saturated heterocycles. The normalized spacial score (nSPS) is 10.2. The van der Waals surface area contributed by atoms with E-state index in [1.807, 2.05) is 42.6 Å². The summed E-state index contributed by atoms with van der Waals surface area (Å²) in [5.74, 6) is 0.0289. The van der Waals surface area contributed by atoms with Crippen LogP contribution in [-0.4, -0.2) is 16.7 Å². The Hall–Kier alpha value is -2.88. The highest BCUT2D eigenvalue weighted by atomic mass is 16.1. The zero-order chi connectivity index (χ0) is 18.8. The number of hydrogen-bond acceptors (Lipinski definition) is 2. The molecule has 4 nitrogen and oxygen atoms in total. The minimum absolute atomic E-state index is 0.217. The van der Waals surface area contributed by atoms with Gasteiger partial charge in [0.1, 0.15) is 5.78 Å². The van der Waals surface area contributed by atoms with Crippen molar-refractivity contribution in [2.24, 2.45) is 5.73 Å². The fourth-order valence-electron chi connectivity index (χ4n) is 2.76. The van der Waals surface area contributed by atoms with E-state index in [9.17, 15) is 9.59 Å². The zero-order valence-corrected chi connectivity index (χ0v) is 15.2. The molecular weight excluding hydrogens is 324 g/mol. The van der Waals surface area contributed by atoms with E-state index in [0.717, 1.165) is 24.8 Å². The molecule has 136 valence electrons. The van der Waals surface area contributed by atoms with E-state index in [1.54, 1.807) is 6.92 Å². The topological polar surface area (TPSA) is 75.9 Å². The van der Waals surface area contributed by atoms with Gasteiger partial charge in [0.2, 0.25) is 5.91 Å². The number of rotatable bonds is 7. The molecule has 0 aliphatic carbocycles. The molecule has 1 amide bonds. The molecule has 1 aromatic heterocycles. The Morgan fingerprint density at radius 1 is 0.923 bits per heavy atom. The molecule has 0 bridgehead atoms. The Kier molecular flexibility index (Phi) is 7.62. The van der Waals surface area contributed by atoms with E-state index in [4.69, 9.17) is 5.73 Å². The van der Waals surface area contributed by atoms with Crippen LogP contribution < -0.4 is 5.73 Å². The Morgan fingerprint density at radius 2 is 1.62 bits per heavy atom. The van der Waals surface area contributed by atoms with Crippen molar-refractivity contribution < 1.29 is 9.59 Å². The van der Waals surface area contributed by atoms with E-state index in [2.05, 4.69) is 23.2 Å². The number of amides is 1. The van der Waals surface area contributed by atoms with E-state index in [-0.39, 0.29) is 11.7 Å². The average Bonchev–Trinajstić information content (AvgIpc) is 3.04. The van der Waals surface area contributed by atoms with Crippen LogP contribution in [0.3, 0.4) is 0 Å². The van der Waals surface area contributed by atoms with E-state index in [1.165, 1.54) is 16.5 Å². The SMILES string of the molecule is CC(=O)CCc1c[nH]c2ccccc12.NC(=O)CCCc1ccccc1. The fraction of sp³-hybridized carbons (Fsp3) is 0.273. The molecule has 0 fully saturated rings. The summed E-state index contributed by atoms with van der Waals surface area (Å²) in [6, 6.07) is 18.3. The number of nitrogens with two attached hydrogens (primary N) is 1. The van der Waals surface area contributed by atoms with Crippen LogP contribution in [0.2, 0.25) is 0 Å². The summed E-state index contributed by atoms with van der Waals surface area (Å²) in [5.41, 5.74) is 8.66. The minimum Gasteiger partial charge on any atom is -0.370 e. The Labute approximate surface area is 154 Å². The molecule has 3 rings (SSSR count). The lowest BCUT2D eigenvalue weighted by Crippen LogP contribution is -2.10. The average molecular weight is 350 g/mol. The van der Waals surface area contributed by atoms with Crippen LogP contribution in [0.4, 0.5) is 0 Å². The van der Waals surface area contributed by atoms with Crippen molar-refractivity contribution in [1.82, 2.24) is 4.98 Å². The summed E-state index contributed by atoms with van der Waals surface area (Å²) in [5, 5.41) is 1.23. The first-order chi connectivity index (χ1) is 12.6. The summed E-state index contributed by atoms with van der Waals surface area (Å²) in [4.78, 5) is 24.5. The van der Waals surface area contributed by atoms with E-state index < -0.39 is 0 Å². The maximum absolute atomic E-state index is 10.9. The standard InChI is InChI=1S/C12H13NO.C10H13NO/c1-9(14)6-7-10-8-13-12-5-3-2-4-11(10)12;11-10(12)8-4-7-9-5-2-1-3-6-9/h2-5,8,13H,6-7H2,1H3;1-3,5-6H,4,7-8H2,(H2,11,12). The maximum Gasteiger partial charge on any atom is 0.217 e. The number of H-pyrrole nitrogens is 1. The van der Waals surface area contributed by atoms with Gasteiger partial charge < -0.3 is 15.5 Å². The predicted molar refractivity (Wildman–Crippen MR) is 106 cm³/mol. The first-order valence-electron chi connectivity index (χ1n) is 8.93. The van der Waals surface area contributed by atoms with Gasteiger partial charge in [0.05, 0.1) is 0 Å². The quantitative estimate of drug-likeness (QED) is 0.670. The third kappa shape index (κ3) is 6.55. The van der Waals surface area contributed by atoms with Gasteiger partial charge in [0.15, 0.2) is 0 Å². The summed E-state index contributed by atoms with van der Waals surface area (Å²) in [6.07, 6.45) is 5.72. The summed E-state index contributed by atoms with van der Waals surface area (Å²) in [7, 11) is 0. The van der Waals surface area contributed by atoms with Gasteiger partial charge in [-0.15, -0.1) is 0 Å². The van der Waals surface area contributed by atoms with Crippen molar-refractivity contribution in [2.45, 2.75) is 39.0 Å². The molecular formula is C22H26N2O2. The third-order valence-electron chi connectivity index (χ3n) is 4.15. The zero-order valence-electron chi connectivity index (χ0n) is 15.2. The molecule has 0 spiro atoms. The smallest absolute Gasteiger partial charge is 0.217 e. The number of hydrogen-bond donors (Lipinski definition) is 2. The molecule has 0 aliphatic heterocycles. The van der Waals surface area contributed by atoms with Crippen LogP contribution >= 0.6 is 0 Å². The first-order valence-corrected chi connectivity index (χ1v) is 8.93. The molecule has 0 radical (unpaired) electrons. The van der Waals surface area contributed by atoms with Crippen molar-refractivity contribution in [3.63, 3.8) is 0 Å². The second kappa shape index (κ2) is 10.2. The number of carbonyl (C=O) groups is 2. The van der Waals surface area contributed by atoms with Crippen LogP contribution in [0.5, 0.6) is 0 Å². The number of carbonyl (C=O) groups excluding carboxylic acids is 2. The van der Waals surface area contributed by atoms with E-state index in [0.29, 0.717) is 12.8 Å². The number of primary amides is 1. The molecule has 3 N–H and O–H groups in total. The largest absolute Gasteiger partial charge is 0.370 e. The molecule has 2 aromatic carbocycles. The van der Waals surface area contributed by atoms with Gasteiger partial charge in [-0.3, -0.25) is 4.79 Å². The first kappa shape index (κ1) is 19.4. The van der Waals surface area contributed by atoms with Crippen molar-refractivity contribution in [3.05, 3.63) is 71.9 Å². The number of para-hydroxylation sites is 1. The molecule has 26 heavy (non-hydrogen) atoms. The van der Waals surface area contributed by atoms with Gasteiger partial charge in [-0.05, 0) is 43.4 Å². The van der Waals surface area contributed by atoms with Crippen molar-refractivity contribution in [3.8, 4) is 0 Å². The number of ketones is 1. The summed E-state index contributed by atoms with van der Waals surface area (Å²) >= 11 is 0. The Morgan fingerprint density at radius 3 is 2.31 bits per heavy atom. The molecule has 4 heteroatoms. The van der Waals surface area contributed by atoms with Crippen LogP contribution in [0, 0.1) is 0 Å². The van der Waals surface area contributed by atoms with Crippen LogP contribution in [0.1, 0.15) is 37.3 Å². The molecule has 1 heterocycles. The van der Waals surface area contributed by atoms with Gasteiger partial charge >= 0.3 is 0 Å². The van der Waals surface area contributed by atoms with Gasteiger partial charge in [0, 0.05) is 29.9 Å². The van der Waals surface area contributed by atoms with Gasteiger partial charge in [-0.25, -0.2) is 0 Å². The number of benzene rings is 2. The summed E-state index contributed by atoms with van der Waals surface area (Å²) < 4.78 is 0. The van der Waals surface area contributed by atoms with E-state index >= 15 is 0 Å². The second-order valence-corrected chi connectivity index (χ2v) is 6.37. The maximum atomic E-state index is 10.9. The van der Waals surface area contributed by atoms with Gasteiger partial charge in [0.25, 0.3) is 0 Å². The lowest BCUT2D eigenvalue weighted by Gasteiger charge is -1.97. The number of aryl methyl sites for hydroxylation is 2. The number of aromatic nitrogens is 1. The highest BCUT2D eigenvalue weighted by Gasteiger charge is 2.03. The highest BCUT2D eigenvalue weighted by Crippen LogP contribution is 2.18. The molecule has 0 saturated carbocycles. The third-order valence-corrected chi connectivity index (χ3v) is 4.15. The fourth-order valence-corrected chi connectivity index (χ4v) is 2.76. The van der Waals surface area contributed by atoms with Crippen molar-refractivity contribution >= 4 is 22.6 Å². The molecule has 0 unspecified atom stereocenters. The predicted octanol–water partition coefficient (Wildman–Crippen LogP) is 4.18. The monoisotopic (exact) mass is 350 g/mol. The van der Waals surface area contributed by atoms with Gasteiger partial charge in [-0.1, -0.05) is 48.5 Å². The molecule has 0 atom stereocenters. The van der Waals surface area contributed by atoms with Crippen LogP contribution in [0.25, 0.3) is 10.9 Å². The van der Waals surface area contributed by atoms with Crippen LogP contribution in [0.15, 0.2) is 60.8 Å². The summed E-state index contributed by atoms with van der Waals surface area (Å²) in [6.45, 7) is 1.63. The lowest BCUT2D eigenvalue weighted by atomic mass is 10.1. The number of nitrogens with one attached hydrogen (secondary N) is 1. The van der Waals surface area contributed by atoms with Crippen molar-refractivity contribution in [2.75, 3.05) is 0 Å². The van der Waals surface area contributed by atoms with Gasteiger partial charge in [-0.2, -0.15) is 0 Å². The number of Topliss-reactive ketones (excluding diaryl/α,β-unsaturated/α-hetero) is 1. The van der Waals surface area contributed by atoms with Crippen molar-refractivity contribution in [1.29, 1.82) is 0 Å². The minimum atomic E-state index is -0.217. The lowest BCUT2D eigenvalue weighted by molar-refractivity contribution is -0.118. The van der Waals surface area contributed by atoms with Crippen LogP contribution in [-0.2, 0) is 22.4 Å². The number of fused-ring (bicyclic) bond motifs is 1.